The summed E-state index contributed by atoms with van der Waals surface area (Å²) in [6.45, 7) is 9.03. The second-order valence-corrected chi connectivity index (χ2v) is 11.9. The van der Waals surface area contributed by atoms with Crippen LogP contribution in [-0.4, -0.2) is 9.55 Å². The molecule has 0 saturated carbocycles. The summed E-state index contributed by atoms with van der Waals surface area (Å²) < 4.78 is 2.22. The standard InChI is InChI=1S/C38H30N2/c1-23-19-24(2)21-26(20-23)40-18-17-39-37(40)25-13-15-33-32(22-25)36-34(38(33,3)4)16-14-31-29-11-6-5-9-27(29)28-10-7-8-12-30(28)35(31)36/h5-22H,1-4H3. The molecule has 0 fully saturated rings. The zero-order chi connectivity index (χ0) is 27.2. The largest absolute Gasteiger partial charge is 0.300 e. The number of fused-ring (bicyclic) bond motifs is 10. The molecule has 1 aliphatic carbocycles. The van der Waals surface area contributed by atoms with Crippen molar-refractivity contribution >= 4 is 32.3 Å². The predicted octanol–water partition coefficient (Wildman–Crippen LogP) is 9.92. The first-order valence-corrected chi connectivity index (χ1v) is 14.1. The molecule has 0 atom stereocenters. The molecule has 0 N–H and O–H groups in total. The van der Waals surface area contributed by atoms with Gasteiger partial charge in [-0.1, -0.05) is 92.7 Å². The number of hydrogen-bond donors (Lipinski definition) is 0. The van der Waals surface area contributed by atoms with E-state index < -0.39 is 0 Å². The highest BCUT2D eigenvalue weighted by atomic mass is 15.1. The van der Waals surface area contributed by atoms with Crippen LogP contribution in [0.25, 0.3) is 60.5 Å². The smallest absolute Gasteiger partial charge is 0.144 e. The van der Waals surface area contributed by atoms with Crippen LogP contribution in [0.3, 0.4) is 0 Å². The highest BCUT2D eigenvalue weighted by molar-refractivity contribution is 6.29. The Bertz CT molecular complexity index is 2100. The fraction of sp³-hybridized carbons (Fsp3) is 0.132. The Labute approximate surface area is 234 Å². The van der Waals surface area contributed by atoms with E-state index in [1.54, 1.807) is 0 Å². The van der Waals surface area contributed by atoms with Crippen LogP contribution in [0, 0.1) is 13.8 Å². The van der Waals surface area contributed by atoms with Gasteiger partial charge in [0.2, 0.25) is 0 Å². The van der Waals surface area contributed by atoms with Crippen LogP contribution < -0.4 is 0 Å². The van der Waals surface area contributed by atoms with Gasteiger partial charge in [-0.25, -0.2) is 4.98 Å². The summed E-state index contributed by atoms with van der Waals surface area (Å²) in [7, 11) is 0. The monoisotopic (exact) mass is 514 g/mol. The lowest BCUT2D eigenvalue weighted by atomic mass is 9.81. The highest BCUT2D eigenvalue weighted by Crippen LogP contribution is 2.54. The van der Waals surface area contributed by atoms with Gasteiger partial charge < -0.3 is 0 Å². The average molecular weight is 515 g/mol. The van der Waals surface area contributed by atoms with Crippen LogP contribution >= 0.6 is 0 Å². The van der Waals surface area contributed by atoms with E-state index in [0.29, 0.717) is 0 Å². The van der Waals surface area contributed by atoms with Crippen LogP contribution in [0.5, 0.6) is 0 Å². The Morgan fingerprint density at radius 3 is 1.93 bits per heavy atom. The van der Waals surface area contributed by atoms with Gasteiger partial charge in [-0.05, 0) is 97.7 Å². The minimum atomic E-state index is -0.0901. The van der Waals surface area contributed by atoms with Crippen molar-refractivity contribution in [3.05, 3.63) is 132 Å². The molecule has 6 aromatic carbocycles. The van der Waals surface area contributed by atoms with Gasteiger partial charge in [0.1, 0.15) is 5.82 Å². The predicted molar refractivity (Wildman–Crippen MR) is 169 cm³/mol. The SMILES string of the molecule is Cc1cc(C)cc(-n2ccnc2-c2ccc3c(c2)-c2c(ccc4c5ccccc5c5ccccc5c24)C3(C)C)c1. The summed E-state index contributed by atoms with van der Waals surface area (Å²) in [5.74, 6) is 0.967. The van der Waals surface area contributed by atoms with Crippen LogP contribution in [0.4, 0.5) is 0 Å². The summed E-state index contributed by atoms with van der Waals surface area (Å²) >= 11 is 0. The molecule has 0 spiro atoms. The third kappa shape index (κ3) is 3.14. The summed E-state index contributed by atoms with van der Waals surface area (Å²) in [5, 5.41) is 7.93. The fourth-order valence-electron chi connectivity index (χ4n) is 7.19. The van der Waals surface area contributed by atoms with Crippen LogP contribution in [0.15, 0.2) is 109 Å². The van der Waals surface area contributed by atoms with Gasteiger partial charge in [-0.3, -0.25) is 4.57 Å². The second kappa shape index (κ2) is 8.16. The normalized spacial score (nSPS) is 13.7. The van der Waals surface area contributed by atoms with Gasteiger partial charge in [-0.15, -0.1) is 0 Å². The first-order valence-electron chi connectivity index (χ1n) is 14.1. The third-order valence-corrected chi connectivity index (χ3v) is 8.93. The molecule has 40 heavy (non-hydrogen) atoms. The van der Waals surface area contributed by atoms with Crippen molar-refractivity contribution < 1.29 is 0 Å². The molecule has 192 valence electrons. The molecule has 1 heterocycles. The second-order valence-electron chi connectivity index (χ2n) is 11.9. The van der Waals surface area contributed by atoms with Crippen LogP contribution in [-0.2, 0) is 5.41 Å². The zero-order valence-corrected chi connectivity index (χ0v) is 23.3. The van der Waals surface area contributed by atoms with Crippen LogP contribution in [0.2, 0.25) is 0 Å². The number of benzene rings is 6. The maximum absolute atomic E-state index is 4.86. The van der Waals surface area contributed by atoms with Crippen molar-refractivity contribution in [3.8, 4) is 28.2 Å². The summed E-state index contributed by atoms with van der Waals surface area (Å²) in [6, 6.07) is 36.1. The maximum Gasteiger partial charge on any atom is 0.144 e. The number of aryl methyl sites for hydroxylation is 2. The molecule has 2 nitrogen and oxygen atoms in total. The van der Waals surface area contributed by atoms with E-state index in [0.717, 1.165) is 17.1 Å². The van der Waals surface area contributed by atoms with E-state index in [4.69, 9.17) is 4.98 Å². The van der Waals surface area contributed by atoms with E-state index >= 15 is 0 Å². The minimum Gasteiger partial charge on any atom is -0.300 e. The Hall–Kier alpha value is -4.69. The first-order chi connectivity index (χ1) is 19.4. The fourth-order valence-corrected chi connectivity index (χ4v) is 7.19. The molecule has 0 amide bonds. The van der Waals surface area contributed by atoms with Gasteiger partial charge in [0.25, 0.3) is 0 Å². The van der Waals surface area contributed by atoms with E-state index in [9.17, 15) is 0 Å². The van der Waals surface area contributed by atoms with E-state index in [2.05, 4.69) is 136 Å². The third-order valence-electron chi connectivity index (χ3n) is 8.93. The van der Waals surface area contributed by atoms with E-state index in [1.165, 1.54) is 65.7 Å². The Morgan fingerprint density at radius 1 is 0.625 bits per heavy atom. The van der Waals surface area contributed by atoms with Crippen molar-refractivity contribution in [2.75, 3.05) is 0 Å². The minimum absolute atomic E-state index is 0.0901. The van der Waals surface area contributed by atoms with Gasteiger partial charge in [0.15, 0.2) is 0 Å². The number of nitrogens with zero attached hydrogens (tertiary/aromatic N) is 2. The Morgan fingerprint density at radius 2 is 1.23 bits per heavy atom. The lowest BCUT2D eigenvalue weighted by Gasteiger charge is -2.22. The lowest BCUT2D eigenvalue weighted by Crippen LogP contribution is -2.14. The van der Waals surface area contributed by atoms with Crippen molar-refractivity contribution in [1.29, 1.82) is 0 Å². The molecule has 1 aromatic heterocycles. The zero-order valence-electron chi connectivity index (χ0n) is 23.3. The van der Waals surface area contributed by atoms with Crippen molar-refractivity contribution in [2.45, 2.75) is 33.1 Å². The highest BCUT2D eigenvalue weighted by Gasteiger charge is 2.37. The number of imidazole rings is 1. The van der Waals surface area contributed by atoms with Gasteiger partial charge in [0, 0.05) is 29.1 Å². The number of aromatic nitrogens is 2. The molecule has 0 radical (unpaired) electrons. The molecule has 0 aliphatic heterocycles. The van der Waals surface area contributed by atoms with Crippen molar-refractivity contribution in [1.82, 2.24) is 9.55 Å². The maximum atomic E-state index is 4.86. The van der Waals surface area contributed by atoms with Gasteiger partial charge in [0.05, 0.1) is 0 Å². The molecule has 0 bridgehead atoms. The summed E-state index contributed by atoms with van der Waals surface area (Å²) in [4.78, 5) is 4.86. The molecular weight excluding hydrogens is 484 g/mol. The molecule has 8 rings (SSSR count). The molecule has 1 aliphatic rings. The Balaban J connectivity index is 1.45. The topological polar surface area (TPSA) is 17.8 Å². The quantitative estimate of drug-likeness (QED) is 0.210. The molecule has 0 unspecified atom stereocenters. The van der Waals surface area contributed by atoms with Crippen LogP contribution in [0.1, 0.15) is 36.1 Å². The van der Waals surface area contributed by atoms with E-state index in [1.807, 2.05) is 6.20 Å². The van der Waals surface area contributed by atoms with Gasteiger partial charge in [-0.2, -0.15) is 0 Å². The first kappa shape index (κ1) is 23.2. The molecular formula is C38H30N2. The summed E-state index contributed by atoms with van der Waals surface area (Å²) in [5.41, 5.74) is 10.2. The molecule has 7 aromatic rings. The van der Waals surface area contributed by atoms with Crippen molar-refractivity contribution in [2.24, 2.45) is 0 Å². The van der Waals surface area contributed by atoms with Gasteiger partial charge >= 0.3 is 0 Å². The summed E-state index contributed by atoms with van der Waals surface area (Å²) in [6.07, 6.45) is 3.98. The lowest BCUT2D eigenvalue weighted by molar-refractivity contribution is 0.661. The number of rotatable bonds is 2. The molecule has 0 saturated heterocycles. The number of hydrogen-bond acceptors (Lipinski definition) is 1. The average Bonchev–Trinajstić information content (AvgIpc) is 3.54. The Kier molecular flexibility index (Phi) is 4.74. The van der Waals surface area contributed by atoms with E-state index in [-0.39, 0.29) is 5.41 Å². The molecule has 2 heteroatoms. The van der Waals surface area contributed by atoms with Crippen molar-refractivity contribution in [3.63, 3.8) is 0 Å².